The summed E-state index contributed by atoms with van der Waals surface area (Å²) < 4.78 is 0. The van der Waals surface area contributed by atoms with Crippen LogP contribution in [-0.4, -0.2) is 9.97 Å². The maximum absolute atomic E-state index is 5.19. The van der Waals surface area contributed by atoms with Crippen molar-refractivity contribution >= 4 is 22.5 Å². The zero-order valence-electron chi connectivity index (χ0n) is 29.3. The van der Waals surface area contributed by atoms with Gasteiger partial charge in [0.1, 0.15) is 0 Å². The second kappa shape index (κ2) is 12.3. The molecule has 2 aliphatic rings. The van der Waals surface area contributed by atoms with E-state index in [1.807, 2.05) is 30.0 Å². The van der Waals surface area contributed by atoms with Crippen molar-refractivity contribution < 1.29 is 0 Å². The predicted molar refractivity (Wildman–Crippen MR) is 223 cm³/mol. The van der Waals surface area contributed by atoms with Gasteiger partial charge in [-0.25, -0.2) is 9.97 Å². The minimum Gasteiger partial charge on any atom is -0.228 e. The van der Waals surface area contributed by atoms with E-state index < -0.39 is 0 Å². The normalized spacial score (nSPS) is 13.3. The van der Waals surface area contributed by atoms with Crippen molar-refractivity contribution in [2.24, 2.45) is 0 Å². The Balaban J connectivity index is 1.07. The number of rotatable bonds is 4. The number of hydrogen-bond acceptors (Lipinski definition) is 3. The van der Waals surface area contributed by atoms with Gasteiger partial charge in [-0.15, -0.1) is 0 Å². The average molecular weight is 705 g/mol. The highest BCUT2D eigenvalue weighted by Crippen LogP contribution is 2.62. The van der Waals surface area contributed by atoms with Crippen LogP contribution < -0.4 is 0 Å². The molecule has 252 valence electrons. The van der Waals surface area contributed by atoms with Crippen LogP contribution in [0.1, 0.15) is 22.3 Å². The van der Waals surface area contributed by atoms with Gasteiger partial charge >= 0.3 is 0 Å². The van der Waals surface area contributed by atoms with Crippen molar-refractivity contribution in [1.29, 1.82) is 0 Å². The van der Waals surface area contributed by atoms with Crippen LogP contribution in [-0.2, 0) is 5.41 Å². The monoisotopic (exact) mass is 704 g/mol. The first kappa shape index (κ1) is 31.0. The average Bonchev–Trinajstić information content (AvgIpc) is 3.54. The molecule has 0 radical (unpaired) electrons. The quantitative estimate of drug-likeness (QED) is 0.182. The van der Waals surface area contributed by atoms with E-state index in [1.54, 1.807) is 0 Å². The molecule has 0 unspecified atom stereocenters. The van der Waals surface area contributed by atoms with Crippen molar-refractivity contribution in [3.05, 3.63) is 216 Å². The summed E-state index contributed by atoms with van der Waals surface area (Å²) in [6.45, 7) is 0. The van der Waals surface area contributed by atoms with Crippen LogP contribution in [0.15, 0.2) is 204 Å². The van der Waals surface area contributed by atoms with Gasteiger partial charge in [0.15, 0.2) is 5.82 Å². The van der Waals surface area contributed by atoms with Crippen LogP contribution >= 0.6 is 11.8 Å². The number of aromatic nitrogens is 2. The number of benzene rings is 8. The van der Waals surface area contributed by atoms with Gasteiger partial charge in [-0.2, -0.15) is 0 Å². The lowest BCUT2D eigenvalue weighted by Gasteiger charge is -2.39. The van der Waals surface area contributed by atoms with Crippen molar-refractivity contribution in [3.8, 4) is 56.2 Å². The molecule has 3 heteroatoms. The fraction of sp³-hybridized carbons (Fsp3) is 0.0196. The summed E-state index contributed by atoms with van der Waals surface area (Å²) in [7, 11) is 0. The fourth-order valence-electron chi connectivity index (χ4n) is 8.80. The molecule has 2 nitrogen and oxygen atoms in total. The largest absolute Gasteiger partial charge is 0.228 e. The molecule has 1 aliphatic carbocycles. The minimum absolute atomic E-state index is 0.377. The van der Waals surface area contributed by atoms with Crippen LogP contribution in [0.4, 0.5) is 0 Å². The third-order valence-corrected chi connectivity index (χ3v) is 12.3. The number of hydrogen-bond donors (Lipinski definition) is 0. The van der Waals surface area contributed by atoms with Gasteiger partial charge < -0.3 is 0 Å². The zero-order valence-corrected chi connectivity index (χ0v) is 30.1. The molecule has 8 aromatic carbocycles. The molecule has 1 spiro atoms. The molecule has 2 heterocycles. The van der Waals surface area contributed by atoms with Crippen LogP contribution in [0.2, 0.25) is 0 Å². The summed E-state index contributed by atoms with van der Waals surface area (Å²) in [4.78, 5) is 12.9. The molecule has 0 saturated heterocycles. The summed E-state index contributed by atoms with van der Waals surface area (Å²) in [5, 5.41) is 2.37. The number of fused-ring (bicyclic) bond motifs is 10. The lowest BCUT2D eigenvalue weighted by atomic mass is 9.67. The Kier molecular flexibility index (Phi) is 7.05. The Morgan fingerprint density at radius 3 is 1.76 bits per heavy atom. The summed E-state index contributed by atoms with van der Waals surface area (Å²) in [5.74, 6) is 0.715. The maximum Gasteiger partial charge on any atom is 0.160 e. The van der Waals surface area contributed by atoms with E-state index in [0.717, 1.165) is 33.6 Å². The zero-order chi connectivity index (χ0) is 35.6. The molecule has 0 atom stereocenters. The molecular formula is C51H32N2S. The summed E-state index contributed by atoms with van der Waals surface area (Å²) >= 11 is 1.88. The molecule has 1 aliphatic heterocycles. The van der Waals surface area contributed by atoms with Gasteiger partial charge in [-0.3, -0.25) is 0 Å². The van der Waals surface area contributed by atoms with Crippen LogP contribution in [0, 0.1) is 0 Å². The molecule has 9 aromatic rings. The Bertz CT molecular complexity index is 2880. The van der Waals surface area contributed by atoms with Gasteiger partial charge in [-0.05, 0) is 79.5 Å². The Hall–Kier alpha value is -6.55. The Labute approximate surface area is 318 Å². The minimum atomic E-state index is -0.377. The van der Waals surface area contributed by atoms with Gasteiger partial charge in [0.2, 0.25) is 0 Å². The lowest BCUT2D eigenvalue weighted by molar-refractivity contribution is 0.722. The predicted octanol–water partition coefficient (Wildman–Crippen LogP) is 13.1. The maximum atomic E-state index is 5.19. The third kappa shape index (κ3) is 4.68. The summed E-state index contributed by atoms with van der Waals surface area (Å²) in [5.41, 5.74) is 15.0. The van der Waals surface area contributed by atoms with E-state index in [4.69, 9.17) is 9.97 Å². The molecule has 11 rings (SSSR count). The summed E-state index contributed by atoms with van der Waals surface area (Å²) in [6.07, 6.45) is 0. The second-order valence-electron chi connectivity index (χ2n) is 14.1. The summed E-state index contributed by atoms with van der Waals surface area (Å²) in [6, 6.07) is 70.2. The molecule has 0 amide bonds. The standard InChI is InChI=1S/C51H32N2S/c1-2-15-34(16-3-1)50-52-46(32-47(53-50)41-23-13-17-33-14-4-5-20-38(33)41)37-19-12-18-35(30-37)36-28-29-45-49(31-36)54-48-27-11-10-26-44(48)51(45)42-24-8-6-21-39(42)40-22-7-9-25-43(40)51/h1-32H. The van der Waals surface area contributed by atoms with E-state index >= 15 is 0 Å². The SMILES string of the molecule is c1ccc(-c2nc(-c3cccc(-c4ccc5c(c4)Sc4ccccc4C54c5ccccc5-c5ccccc54)c3)cc(-c3cccc4ccccc34)n2)cc1. The highest BCUT2D eigenvalue weighted by Gasteiger charge is 2.50. The van der Waals surface area contributed by atoms with Crippen molar-refractivity contribution in [1.82, 2.24) is 9.97 Å². The first-order chi connectivity index (χ1) is 26.8. The van der Waals surface area contributed by atoms with E-state index in [9.17, 15) is 0 Å². The smallest absolute Gasteiger partial charge is 0.160 e. The Morgan fingerprint density at radius 2 is 0.926 bits per heavy atom. The fourth-order valence-corrected chi connectivity index (χ4v) is 10.0. The Morgan fingerprint density at radius 1 is 0.352 bits per heavy atom. The van der Waals surface area contributed by atoms with E-state index in [1.165, 1.54) is 59.5 Å². The van der Waals surface area contributed by atoms with Crippen molar-refractivity contribution in [2.45, 2.75) is 15.2 Å². The van der Waals surface area contributed by atoms with Crippen LogP contribution in [0.5, 0.6) is 0 Å². The molecular weight excluding hydrogens is 673 g/mol. The van der Waals surface area contributed by atoms with Gasteiger partial charge in [0, 0.05) is 26.5 Å². The van der Waals surface area contributed by atoms with E-state index in [2.05, 4.69) is 176 Å². The first-order valence-electron chi connectivity index (χ1n) is 18.4. The highest BCUT2D eigenvalue weighted by molar-refractivity contribution is 7.99. The second-order valence-corrected chi connectivity index (χ2v) is 15.2. The molecule has 0 fully saturated rings. The highest BCUT2D eigenvalue weighted by atomic mass is 32.2. The van der Waals surface area contributed by atoms with Gasteiger partial charge in [0.25, 0.3) is 0 Å². The topological polar surface area (TPSA) is 25.8 Å². The van der Waals surface area contributed by atoms with Crippen molar-refractivity contribution in [3.63, 3.8) is 0 Å². The molecule has 0 N–H and O–H groups in total. The first-order valence-corrected chi connectivity index (χ1v) is 19.2. The van der Waals surface area contributed by atoms with Crippen LogP contribution in [0.25, 0.3) is 66.9 Å². The van der Waals surface area contributed by atoms with Crippen molar-refractivity contribution in [2.75, 3.05) is 0 Å². The number of nitrogens with zero attached hydrogens (tertiary/aromatic N) is 2. The molecule has 54 heavy (non-hydrogen) atoms. The van der Waals surface area contributed by atoms with E-state index in [0.29, 0.717) is 5.82 Å². The molecule has 0 bridgehead atoms. The molecule has 0 saturated carbocycles. The third-order valence-electron chi connectivity index (χ3n) is 11.2. The molecule has 1 aromatic heterocycles. The van der Waals surface area contributed by atoms with Crippen LogP contribution in [0.3, 0.4) is 0 Å². The van der Waals surface area contributed by atoms with Gasteiger partial charge in [-0.1, -0.05) is 182 Å². The lowest BCUT2D eigenvalue weighted by Crippen LogP contribution is -2.31. The van der Waals surface area contributed by atoms with Gasteiger partial charge in [0.05, 0.1) is 16.8 Å². The van der Waals surface area contributed by atoms with E-state index in [-0.39, 0.29) is 5.41 Å².